The zero-order valence-corrected chi connectivity index (χ0v) is 10.1. The number of hydrogen-bond donors (Lipinski definition) is 1. The second-order valence-electron chi connectivity index (χ2n) is 4.75. The first-order chi connectivity index (χ1) is 8.81. The van der Waals surface area contributed by atoms with Crippen molar-refractivity contribution in [3.8, 4) is 0 Å². The van der Waals surface area contributed by atoms with E-state index in [2.05, 4.69) is 54.4 Å². The molecule has 0 aliphatic carbocycles. The Morgan fingerprint density at radius 3 is 2.78 bits per heavy atom. The van der Waals surface area contributed by atoms with E-state index >= 15 is 0 Å². The molecule has 2 heterocycles. The molecule has 0 atom stereocenters. The van der Waals surface area contributed by atoms with Gasteiger partial charge in [-0.3, -0.25) is 0 Å². The molecule has 2 aromatic carbocycles. The van der Waals surface area contributed by atoms with E-state index in [0.717, 1.165) is 16.7 Å². The molecule has 0 amide bonds. The van der Waals surface area contributed by atoms with Gasteiger partial charge in [0.15, 0.2) is 0 Å². The summed E-state index contributed by atoms with van der Waals surface area (Å²) in [5, 5.41) is 3.64. The topological polar surface area (TPSA) is 28.7 Å². The number of rotatable bonds is 0. The predicted octanol–water partition coefficient (Wildman–Crippen LogP) is 4.18. The lowest BCUT2D eigenvalue weighted by atomic mass is 10.1. The summed E-state index contributed by atoms with van der Waals surface area (Å²) in [6, 6.07) is 16.9. The van der Waals surface area contributed by atoms with Crippen LogP contribution < -0.4 is 0 Å². The molecule has 2 aromatic heterocycles. The fourth-order valence-corrected chi connectivity index (χ4v) is 2.55. The molecule has 18 heavy (non-hydrogen) atoms. The Labute approximate surface area is 104 Å². The van der Waals surface area contributed by atoms with Crippen molar-refractivity contribution in [1.82, 2.24) is 9.97 Å². The van der Waals surface area contributed by atoms with Gasteiger partial charge in [0, 0.05) is 21.7 Å². The van der Waals surface area contributed by atoms with Crippen LogP contribution in [0.3, 0.4) is 0 Å². The van der Waals surface area contributed by atoms with Gasteiger partial charge < -0.3 is 4.98 Å². The molecule has 2 nitrogen and oxygen atoms in total. The number of para-hydroxylation sites is 1. The van der Waals surface area contributed by atoms with Crippen molar-refractivity contribution < 1.29 is 0 Å². The van der Waals surface area contributed by atoms with Gasteiger partial charge in [-0.15, -0.1) is 0 Å². The zero-order chi connectivity index (χ0) is 12.1. The average Bonchev–Trinajstić information content (AvgIpc) is 2.74. The Kier molecular flexibility index (Phi) is 1.78. The molecule has 86 valence electrons. The molecule has 0 saturated heterocycles. The minimum absolute atomic E-state index is 0.965. The molecule has 2 heteroatoms. The highest BCUT2D eigenvalue weighted by atomic mass is 14.9. The SMILES string of the molecule is Cc1ccc2nc3[nH]c4ccccc4c3cc2c1. The Bertz CT molecular complexity index is 887. The van der Waals surface area contributed by atoms with Crippen molar-refractivity contribution in [1.29, 1.82) is 0 Å². The molecule has 0 radical (unpaired) electrons. The number of pyridine rings is 1. The second kappa shape index (κ2) is 3.33. The van der Waals surface area contributed by atoms with Crippen molar-refractivity contribution >= 4 is 32.8 Å². The molecule has 0 fully saturated rings. The summed E-state index contributed by atoms with van der Waals surface area (Å²) in [4.78, 5) is 8.07. The number of fused-ring (bicyclic) bond motifs is 4. The quantitative estimate of drug-likeness (QED) is 0.484. The van der Waals surface area contributed by atoms with E-state index in [9.17, 15) is 0 Å². The number of aryl methyl sites for hydroxylation is 1. The van der Waals surface area contributed by atoms with Gasteiger partial charge >= 0.3 is 0 Å². The number of aromatic amines is 1. The first kappa shape index (κ1) is 9.66. The number of aromatic nitrogens is 2. The predicted molar refractivity (Wildman–Crippen MR) is 75.8 cm³/mol. The normalized spacial score (nSPS) is 11.6. The molecule has 0 aliphatic rings. The lowest BCUT2D eigenvalue weighted by Gasteiger charge is -1.99. The maximum Gasteiger partial charge on any atom is 0.139 e. The Hall–Kier alpha value is -2.35. The summed E-state index contributed by atoms with van der Waals surface area (Å²) < 4.78 is 0. The van der Waals surface area contributed by atoms with Crippen LogP contribution in [0.25, 0.3) is 32.8 Å². The third kappa shape index (κ3) is 1.26. The van der Waals surface area contributed by atoms with Crippen molar-refractivity contribution in [3.63, 3.8) is 0 Å². The van der Waals surface area contributed by atoms with Crippen LogP contribution in [0.1, 0.15) is 5.56 Å². The molecule has 1 N–H and O–H groups in total. The van der Waals surface area contributed by atoms with Crippen molar-refractivity contribution in [2.45, 2.75) is 6.92 Å². The minimum Gasteiger partial charge on any atom is -0.339 e. The third-order valence-electron chi connectivity index (χ3n) is 3.44. The van der Waals surface area contributed by atoms with Crippen LogP contribution in [0.4, 0.5) is 0 Å². The van der Waals surface area contributed by atoms with Gasteiger partial charge in [0.1, 0.15) is 5.65 Å². The van der Waals surface area contributed by atoms with Crippen LogP contribution in [0.2, 0.25) is 0 Å². The number of hydrogen-bond acceptors (Lipinski definition) is 1. The van der Waals surface area contributed by atoms with Crippen LogP contribution in [0, 0.1) is 6.92 Å². The van der Waals surface area contributed by atoms with Crippen LogP contribution in [0.15, 0.2) is 48.5 Å². The Morgan fingerprint density at radius 1 is 0.944 bits per heavy atom. The van der Waals surface area contributed by atoms with E-state index in [1.807, 2.05) is 6.07 Å². The number of nitrogens with one attached hydrogen (secondary N) is 1. The first-order valence-electron chi connectivity index (χ1n) is 6.09. The molecular formula is C16H12N2. The maximum atomic E-state index is 4.70. The summed E-state index contributed by atoms with van der Waals surface area (Å²) >= 11 is 0. The van der Waals surface area contributed by atoms with Gasteiger partial charge in [-0.25, -0.2) is 4.98 Å². The van der Waals surface area contributed by atoms with Crippen LogP contribution in [0.5, 0.6) is 0 Å². The largest absolute Gasteiger partial charge is 0.339 e. The van der Waals surface area contributed by atoms with E-state index in [1.165, 1.54) is 21.7 Å². The first-order valence-corrected chi connectivity index (χ1v) is 6.09. The van der Waals surface area contributed by atoms with E-state index in [-0.39, 0.29) is 0 Å². The van der Waals surface area contributed by atoms with Gasteiger partial charge in [0.05, 0.1) is 5.52 Å². The highest BCUT2D eigenvalue weighted by Crippen LogP contribution is 2.27. The van der Waals surface area contributed by atoms with Crippen molar-refractivity contribution in [2.75, 3.05) is 0 Å². The van der Waals surface area contributed by atoms with Crippen LogP contribution >= 0.6 is 0 Å². The van der Waals surface area contributed by atoms with Crippen molar-refractivity contribution in [2.24, 2.45) is 0 Å². The standard InChI is InChI=1S/C16H12N2/c1-10-6-7-14-11(8-10)9-13-12-4-2-3-5-15(12)18-16(13)17-14/h2-9H,1H3,(H,17,18). The van der Waals surface area contributed by atoms with Gasteiger partial charge in [-0.05, 0) is 31.2 Å². The number of H-pyrrole nitrogens is 1. The highest BCUT2D eigenvalue weighted by molar-refractivity contribution is 6.09. The fourth-order valence-electron chi connectivity index (χ4n) is 2.55. The zero-order valence-electron chi connectivity index (χ0n) is 10.1. The van der Waals surface area contributed by atoms with Crippen LogP contribution in [-0.4, -0.2) is 9.97 Å². The average molecular weight is 232 g/mol. The summed E-state index contributed by atoms with van der Waals surface area (Å²) in [5.41, 5.74) is 4.42. The molecular weight excluding hydrogens is 220 g/mol. The summed E-state index contributed by atoms with van der Waals surface area (Å²) in [5.74, 6) is 0. The van der Waals surface area contributed by atoms with Gasteiger partial charge in [0.2, 0.25) is 0 Å². The van der Waals surface area contributed by atoms with Crippen LogP contribution in [-0.2, 0) is 0 Å². The van der Waals surface area contributed by atoms with E-state index in [4.69, 9.17) is 4.98 Å². The second-order valence-corrected chi connectivity index (χ2v) is 4.75. The minimum atomic E-state index is 0.965. The molecule has 0 saturated carbocycles. The van der Waals surface area contributed by atoms with Gasteiger partial charge in [-0.1, -0.05) is 29.8 Å². The van der Waals surface area contributed by atoms with Crippen molar-refractivity contribution in [3.05, 3.63) is 54.1 Å². The number of benzene rings is 2. The molecule has 0 aliphatic heterocycles. The van der Waals surface area contributed by atoms with E-state index < -0.39 is 0 Å². The maximum absolute atomic E-state index is 4.70. The van der Waals surface area contributed by atoms with Gasteiger partial charge in [0.25, 0.3) is 0 Å². The highest BCUT2D eigenvalue weighted by Gasteiger charge is 2.06. The third-order valence-corrected chi connectivity index (χ3v) is 3.44. The lowest BCUT2D eigenvalue weighted by molar-refractivity contribution is 1.39. The van der Waals surface area contributed by atoms with Gasteiger partial charge in [-0.2, -0.15) is 0 Å². The molecule has 4 rings (SSSR count). The van der Waals surface area contributed by atoms with E-state index in [0.29, 0.717) is 0 Å². The Morgan fingerprint density at radius 2 is 1.83 bits per heavy atom. The summed E-state index contributed by atoms with van der Waals surface area (Å²) in [6.45, 7) is 2.11. The monoisotopic (exact) mass is 232 g/mol. The molecule has 0 spiro atoms. The Balaban J connectivity index is 2.24. The molecule has 0 unspecified atom stereocenters. The fraction of sp³-hybridized carbons (Fsp3) is 0.0625. The number of nitrogens with zero attached hydrogens (tertiary/aromatic N) is 1. The smallest absolute Gasteiger partial charge is 0.139 e. The summed E-state index contributed by atoms with van der Waals surface area (Å²) in [7, 11) is 0. The van der Waals surface area contributed by atoms with E-state index in [1.54, 1.807) is 0 Å². The molecule has 0 bridgehead atoms. The lowest BCUT2D eigenvalue weighted by Crippen LogP contribution is -1.81. The molecule has 4 aromatic rings. The summed E-state index contributed by atoms with van der Waals surface area (Å²) in [6.07, 6.45) is 0.